The molecule has 0 aliphatic heterocycles. The number of ether oxygens (including phenoxy) is 2. The maximum absolute atomic E-state index is 12.7. The zero-order chi connectivity index (χ0) is 25.2. The van der Waals surface area contributed by atoms with Crippen molar-refractivity contribution in [2.75, 3.05) is 57.6 Å². The van der Waals surface area contributed by atoms with Crippen LogP contribution in [0.25, 0.3) is 10.9 Å². The number of anilines is 2. The van der Waals surface area contributed by atoms with Crippen LogP contribution in [0, 0.1) is 5.92 Å². The van der Waals surface area contributed by atoms with E-state index in [0.29, 0.717) is 37.1 Å². The fourth-order valence-electron chi connectivity index (χ4n) is 3.76. The number of hydrogen-bond donors (Lipinski definition) is 2. The number of benzene rings is 2. The van der Waals surface area contributed by atoms with Gasteiger partial charge < -0.3 is 25.0 Å². The number of carbonyl (C=O) groups excluding carboxylic acids is 1. The second-order valence-corrected chi connectivity index (χ2v) is 9.15. The van der Waals surface area contributed by atoms with Crippen molar-refractivity contribution < 1.29 is 14.3 Å². The Labute approximate surface area is 212 Å². The summed E-state index contributed by atoms with van der Waals surface area (Å²) < 4.78 is 11.2. The van der Waals surface area contributed by atoms with E-state index in [-0.39, 0.29) is 5.91 Å². The number of hydrogen-bond acceptors (Lipinski definition) is 7. The molecule has 1 heterocycles. The standard InChI is InChI=1S/C28H35N5O3/c1-33(15-16-35-2)14-6-9-27(34)32-25-17-23-24(18-26(25)36-19-22-10-11-22)30-20-31-28(23)29-13-12-21-7-4-3-5-8-21/h3-9,17-18,20,22H,10-16,19H2,1-2H3,(H,32,34)(H,29,30,31). The van der Waals surface area contributed by atoms with Gasteiger partial charge in [-0.15, -0.1) is 0 Å². The first-order valence-corrected chi connectivity index (χ1v) is 12.5. The van der Waals surface area contributed by atoms with Gasteiger partial charge in [0.2, 0.25) is 5.91 Å². The van der Waals surface area contributed by atoms with Crippen molar-refractivity contribution in [3.05, 3.63) is 66.5 Å². The third kappa shape index (κ3) is 7.76. The number of nitrogens with one attached hydrogen (secondary N) is 2. The number of rotatable bonds is 14. The summed E-state index contributed by atoms with van der Waals surface area (Å²) in [6.45, 7) is 3.48. The molecule has 1 aromatic heterocycles. The number of fused-ring (bicyclic) bond motifs is 1. The predicted molar refractivity (Wildman–Crippen MR) is 144 cm³/mol. The van der Waals surface area contributed by atoms with Gasteiger partial charge in [-0.05, 0) is 43.9 Å². The molecule has 2 N–H and O–H groups in total. The Kier molecular flexibility index (Phi) is 9.24. The molecule has 0 radical (unpaired) electrons. The van der Waals surface area contributed by atoms with Gasteiger partial charge in [-0.1, -0.05) is 36.4 Å². The van der Waals surface area contributed by atoms with E-state index in [2.05, 4.69) is 37.6 Å². The Morgan fingerprint density at radius 1 is 1.19 bits per heavy atom. The molecule has 2 aromatic carbocycles. The largest absolute Gasteiger partial charge is 0.491 e. The lowest BCUT2D eigenvalue weighted by Gasteiger charge is -2.15. The summed E-state index contributed by atoms with van der Waals surface area (Å²) in [5.41, 5.74) is 2.64. The Morgan fingerprint density at radius 3 is 2.81 bits per heavy atom. The molecule has 1 aliphatic rings. The van der Waals surface area contributed by atoms with Crippen LogP contribution in [0.15, 0.2) is 60.9 Å². The molecule has 0 spiro atoms. The smallest absolute Gasteiger partial charge is 0.248 e. The summed E-state index contributed by atoms with van der Waals surface area (Å²) in [6, 6.07) is 14.1. The Morgan fingerprint density at radius 2 is 2.03 bits per heavy atom. The normalized spacial score (nSPS) is 13.4. The van der Waals surface area contributed by atoms with Gasteiger partial charge in [-0.25, -0.2) is 9.97 Å². The molecule has 0 bridgehead atoms. The van der Waals surface area contributed by atoms with Gasteiger partial charge >= 0.3 is 0 Å². The zero-order valence-corrected chi connectivity index (χ0v) is 21.1. The van der Waals surface area contributed by atoms with Gasteiger partial charge in [0.15, 0.2) is 0 Å². The quantitative estimate of drug-likeness (QED) is 0.329. The number of nitrogens with zero attached hydrogens (tertiary/aromatic N) is 3. The van der Waals surface area contributed by atoms with Gasteiger partial charge in [0.05, 0.1) is 24.4 Å². The molecular formula is C28H35N5O3. The minimum Gasteiger partial charge on any atom is -0.491 e. The molecule has 4 rings (SSSR count). The third-order valence-electron chi connectivity index (χ3n) is 6.08. The predicted octanol–water partition coefficient (Wildman–Crippen LogP) is 4.15. The van der Waals surface area contributed by atoms with Crippen molar-refractivity contribution in [2.24, 2.45) is 5.92 Å². The van der Waals surface area contributed by atoms with E-state index >= 15 is 0 Å². The maximum Gasteiger partial charge on any atom is 0.248 e. The van der Waals surface area contributed by atoms with E-state index in [0.717, 1.165) is 36.2 Å². The average Bonchev–Trinajstić information content (AvgIpc) is 3.72. The van der Waals surface area contributed by atoms with Crippen molar-refractivity contribution in [2.45, 2.75) is 19.3 Å². The molecule has 1 aliphatic carbocycles. The van der Waals surface area contributed by atoms with Crippen molar-refractivity contribution in [1.82, 2.24) is 14.9 Å². The highest BCUT2D eigenvalue weighted by molar-refractivity contribution is 6.03. The number of aromatic nitrogens is 2. The lowest BCUT2D eigenvalue weighted by atomic mass is 10.1. The molecule has 8 heteroatoms. The lowest BCUT2D eigenvalue weighted by molar-refractivity contribution is -0.111. The molecule has 3 aromatic rings. The number of amides is 1. The van der Waals surface area contributed by atoms with Crippen molar-refractivity contribution in [1.29, 1.82) is 0 Å². The molecule has 1 fully saturated rings. The van der Waals surface area contributed by atoms with Gasteiger partial charge in [-0.3, -0.25) is 4.79 Å². The molecule has 8 nitrogen and oxygen atoms in total. The van der Waals surface area contributed by atoms with Gasteiger partial charge in [-0.2, -0.15) is 0 Å². The van der Waals surface area contributed by atoms with Crippen LogP contribution in [0.5, 0.6) is 5.75 Å². The van der Waals surface area contributed by atoms with Crippen LogP contribution in [0.2, 0.25) is 0 Å². The van der Waals surface area contributed by atoms with E-state index in [1.165, 1.54) is 18.4 Å². The topological polar surface area (TPSA) is 88.6 Å². The van der Waals surface area contributed by atoms with Crippen molar-refractivity contribution in [3.8, 4) is 5.75 Å². The fraction of sp³-hybridized carbons (Fsp3) is 0.393. The molecule has 0 saturated heterocycles. The number of likely N-dealkylation sites (N-methyl/N-ethyl adjacent to an activating group) is 1. The maximum atomic E-state index is 12.7. The Balaban J connectivity index is 1.48. The molecule has 0 atom stereocenters. The monoisotopic (exact) mass is 489 g/mol. The van der Waals surface area contributed by atoms with E-state index < -0.39 is 0 Å². The number of carbonyl (C=O) groups is 1. The van der Waals surface area contributed by atoms with E-state index in [1.54, 1.807) is 19.5 Å². The van der Waals surface area contributed by atoms with Crippen LogP contribution in [-0.2, 0) is 16.0 Å². The fourth-order valence-corrected chi connectivity index (χ4v) is 3.76. The lowest BCUT2D eigenvalue weighted by Crippen LogP contribution is -2.23. The Bertz CT molecular complexity index is 1160. The first-order valence-electron chi connectivity index (χ1n) is 12.5. The highest BCUT2D eigenvalue weighted by atomic mass is 16.5. The highest BCUT2D eigenvalue weighted by Crippen LogP contribution is 2.35. The molecule has 190 valence electrons. The molecule has 36 heavy (non-hydrogen) atoms. The van der Waals surface area contributed by atoms with E-state index in [4.69, 9.17) is 9.47 Å². The Hall–Kier alpha value is -3.49. The first-order chi connectivity index (χ1) is 17.6. The summed E-state index contributed by atoms with van der Waals surface area (Å²) >= 11 is 0. The zero-order valence-electron chi connectivity index (χ0n) is 21.1. The van der Waals surface area contributed by atoms with Crippen molar-refractivity contribution in [3.63, 3.8) is 0 Å². The summed E-state index contributed by atoms with van der Waals surface area (Å²) in [6.07, 6.45) is 8.20. The van der Waals surface area contributed by atoms with Crippen LogP contribution in [0.3, 0.4) is 0 Å². The van der Waals surface area contributed by atoms with Gasteiger partial charge in [0.1, 0.15) is 17.9 Å². The SMILES string of the molecule is COCCN(C)CC=CC(=O)Nc1cc2c(NCCc3ccccc3)ncnc2cc1OCC1CC1. The van der Waals surface area contributed by atoms with Gasteiger partial charge in [0, 0.05) is 44.3 Å². The summed E-state index contributed by atoms with van der Waals surface area (Å²) in [5, 5.41) is 7.26. The van der Waals surface area contributed by atoms with Crippen LogP contribution in [0.1, 0.15) is 18.4 Å². The van der Waals surface area contributed by atoms with Crippen LogP contribution in [0.4, 0.5) is 11.5 Å². The summed E-state index contributed by atoms with van der Waals surface area (Å²) in [5.74, 6) is 1.74. The minimum absolute atomic E-state index is 0.207. The average molecular weight is 490 g/mol. The highest BCUT2D eigenvalue weighted by Gasteiger charge is 2.23. The number of methoxy groups -OCH3 is 1. The van der Waals surface area contributed by atoms with Gasteiger partial charge in [0.25, 0.3) is 0 Å². The second-order valence-electron chi connectivity index (χ2n) is 9.15. The molecule has 1 amide bonds. The summed E-state index contributed by atoms with van der Waals surface area (Å²) in [7, 11) is 3.67. The van der Waals surface area contributed by atoms with Crippen molar-refractivity contribution >= 4 is 28.3 Å². The molecular weight excluding hydrogens is 454 g/mol. The molecule has 1 saturated carbocycles. The van der Waals surface area contributed by atoms with Crippen LogP contribution in [-0.4, -0.2) is 67.8 Å². The van der Waals surface area contributed by atoms with E-state index in [1.807, 2.05) is 43.5 Å². The summed E-state index contributed by atoms with van der Waals surface area (Å²) in [4.78, 5) is 23.7. The molecule has 0 unspecified atom stereocenters. The van der Waals surface area contributed by atoms with Crippen LogP contribution < -0.4 is 15.4 Å². The van der Waals surface area contributed by atoms with Crippen LogP contribution >= 0.6 is 0 Å². The minimum atomic E-state index is -0.207. The third-order valence-corrected chi connectivity index (χ3v) is 6.08. The first kappa shape index (κ1) is 25.6. The second kappa shape index (κ2) is 13.0. The van der Waals surface area contributed by atoms with E-state index in [9.17, 15) is 4.79 Å².